The molecular formula is C23H23N3O2. The van der Waals surface area contributed by atoms with Crippen molar-refractivity contribution >= 4 is 5.57 Å². The maximum absolute atomic E-state index is 12.4. The van der Waals surface area contributed by atoms with Gasteiger partial charge in [-0.05, 0) is 46.9 Å². The number of nitrogens with one attached hydrogen (secondary N) is 1. The molecule has 0 aliphatic carbocycles. The molecule has 1 aliphatic heterocycles. The molecule has 0 atom stereocenters. The van der Waals surface area contributed by atoms with E-state index in [1.165, 1.54) is 21.9 Å². The van der Waals surface area contributed by atoms with Crippen LogP contribution in [0.25, 0.3) is 5.57 Å². The van der Waals surface area contributed by atoms with Crippen molar-refractivity contribution < 1.29 is 4.74 Å². The summed E-state index contributed by atoms with van der Waals surface area (Å²) in [7, 11) is 0. The lowest BCUT2D eigenvalue weighted by molar-refractivity contribution is 0.302. The van der Waals surface area contributed by atoms with Crippen LogP contribution in [0.15, 0.2) is 72.2 Å². The Morgan fingerprint density at radius 1 is 1.14 bits per heavy atom. The van der Waals surface area contributed by atoms with Crippen LogP contribution in [-0.4, -0.2) is 16.3 Å². The quantitative estimate of drug-likeness (QED) is 0.721. The number of hydrogen-bond acceptors (Lipinski definition) is 4. The van der Waals surface area contributed by atoms with Crippen molar-refractivity contribution in [1.82, 2.24) is 15.1 Å². The second-order valence-corrected chi connectivity index (χ2v) is 6.98. The number of benzene rings is 2. The van der Waals surface area contributed by atoms with Gasteiger partial charge < -0.3 is 10.1 Å². The maximum atomic E-state index is 12.4. The van der Waals surface area contributed by atoms with Gasteiger partial charge in [0.15, 0.2) is 0 Å². The van der Waals surface area contributed by atoms with Gasteiger partial charge in [-0.2, -0.15) is 5.10 Å². The normalized spacial score (nSPS) is 13.0. The number of fused-ring (bicyclic) bond motifs is 1. The lowest BCUT2D eigenvalue weighted by atomic mass is 9.96. The molecular weight excluding hydrogens is 350 g/mol. The van der Waals surface area contributed by atoms with Crippen LogP contribution >= 0.6 is 0 Å². The Kier molecular flexibility index (Phi) is 5.35. The third-order valence-corrected chi connectivity index (χ3v) is 4.93. The molecule has 28 heavy (non-hydrogen) atoms. The molecule has 2 aromatic carbocycles. The summed E-state index contributed by atoms with van der Waals surface area (Å²) in [6.45, 7) is 6.81. The number of hydrogen-bond donors (Lipinski definition) is 1. The first-order chi connectivity index (χ1) is 13.7. The molecule has 1 aliphatic rings. The summed E-state index contributed by atoms with van der Waals surface area (Å²) in [5.74, 6) is 0.468. The minimum atomic E-state index is -0.202. The summed E-state index contributed by atoms with van der Waals surface area (Å²) in [4.78, 5) is 12.4. The van der Waals surface area contributed by atoms with Gasteiger partial charge in [0.2, 0.25) is 0 Å². The van der Waals surface area contributed by atoms with Crippen molar-refractivity contribution in [2.45, 2.75) is 26.1 Å². The van der Waals surface area contributed by atoms with Crippen molar-refractivity contribution in [3.63, 3.8) is 0 Å². The van der Waals surface area contributed by atoms with Crippen LogP contribution in [-0.2, 0) is 26.1 Å². The zero-order valence-electron chi connectivity index (χ0n) is 15.7. The Hall–Kier alpha value is -3.18. The highest BCUT2D eigenvalue weighted by Gasteiger charge is 2.11. The van der Waals surface area contributed by atoms with Gasteiger partial charge in [0, 0.05) is 12.6 Å². The van der Waals surface area contributed by atoms with E-state index in [-0.39, 0.29) is 5.56 Å². The molecule has 5 heteroatoms. The SMILES string of the molecule is C=C(Cn1ncc(OCc2ccccc2)cc1=O)c1ccc2c(c1)CNCC2. The molecule has 3 aromatic rings. The molecule has 0 saturated heterocycles. The van der Waals surface area contributed by atoms with E-state index in [0.29, 0.717) is 18.9 Å². The lowest BCUT2D eigenvalue weighted by Crippen LogP contribution is -2.24. The minimum Gasteiger partial charge on any atom is -0.487 e. The first kappa shape index (κ1) is 18.2. The second-order valence-electron chi connectivity index (χ2n) is 6.98. The Labute approximate surface area is 164 Å². The first-order valence-corrected chi connectivity index (χ1v) is 9.43. The highest BCUT2D eigenvalue weighted by atomic mass is 16.5. The van der Waals surface area contributed by atoms with Crippen LogP contribution in [0.3, 0.4) is 0 Å². The van der Waals surface area contributed by atoms with E-state index in [1.807, 2.05) is 30.3 Å². The highest BCUT2D eigenvalue weighted by molar-refractivity contribution is 5.64. The van der Waals surface area contributed by atoms with Crippen molar-refractivity contribution in [3.05, 3.63) is 100.0 Å². The molecule has 5 nitrogen and oxygen atoms in total. The fourth-order valence-electron chi connectivity index (χ4n) is 3.33. The van der Waals surface area contributed by atoms with Gasteiger partial charge in [-0.1, -0.05) is 49.0 Å². The van der Waals surface area contributed by atoms with Crippen LogP contribution in [0.5, 0.6) is 5.75 Å². The number of aromatic nitrogens is 2. The van der Waals surface area contributed by atoms with Gasteiger partial charge in [-0.15, -0.1) is 0 Å². The summed E-state index contributed by atoms with van der Waals surface area (Å²) >= 11 is 0. The van der Waals surface area contributed by atoms with Crippen molar-refractivity contribution in [1.29, 1.82) is 0 Å². The van der Waals surface area contributed by atoms with Crippen LogP contribution in [0.1, 0.15) is 22.3 Å². The van der Waals surface area contributed by atoms with E-state index < -0.39 is 0 Å². The Morgan fingerprint density at radius 3 is 2.82 bits per heavy atom. The van der Waals surface area contributed by atoms with E-state index in [9.17, 15) is 4.79 Å². The van der Waals surface area contributed by atoms with Crippen molar-refractivity contribution in [3.8, 4) is 5.75 Å². The Morgan fingerprint density at radius 2 is 2.00 bits per heavy atom. The van der Waals surface area contributed by atoms with E-state index in [4.69, 9.17) is 4.74 Å². The fourth-order valence-corrected chi connectivity index (χ4v) is 3.33. The molecule has 142 valence electrons. The second kappa shape index (κ2) is 8.23. The molecule has 0 fully saturated rings. The smallest absolute Gasteiger partial charge is 0.270 e. The summed E-state index contributed by atoms with van der Waals surface area (Å²) in [6, 6.07) is 17.7. The predicted molar refractivity (Wildman–Crippen MR) is 110 cm³/mol. The monoisotopic (exact) mass is 373 g/mol. The van der Waals surface area contributed by atoms with E-state index >= 15 is 0 Å². The largest absolute Gasteiger partial charge is 0.487 e. The van der Waals surface area contributed by atoms with Crippen LogP contribution < -0.4 is 15.6 Å². The Bertz CT molecular complexity index is 1040. The standard InChI is InChI=1S/C23H23N3O2/c1-17(20-8-7-19-9-10-24-13-21(19)11-20)15-26-23(27)12-22(14-25-26)28-16-18-5-3-2-4-6-18/h2-8,11-12,14,24H,1,9-10,13,15-16H2. The zero-order chi connectivity index (χ0) is 19.3. The van der Waals surface area contributed by atoms with Gasteiger partial charge >= 0.3 is 0 Å². The molecule has 2 heterocycles. The zero-order valence-corrected chi connectivity index (χ0v) is 15.7. The van der Waals surface area contributed by atoms with Gasteiger partial charge in [-0.25, -0.2) is 4.68 Å². The average molecular weight is 373 g/mol. The molecule has 0 spiro atoms. The van der Waals surface area contributed by atoms with Crippen LogP contribution in [0.2, 0.25) is 0 Å². The summed E-state index contributed by atoms with van der Waals surface area (Å²) in [6.07, 6.45) is 2.63. The molecule has 0 saturated carbocycles. The van der Waals surface area contributed by atoms with E-state index in [0.717, 1.165) is 36.2 Å². The van der Waals surface area contributed by atoms with Crippen LogP contribution in [0, 0.1) is 0 Å². The van der Waals surface area contributed by atoms with Crippen molar-refractivity contribution in [2.24, 2.45) is 0 Å². The Balaban J connectivity index is 1.43. The summed E-state index contributed by atoms with van der Waals surface area (Å²) in [5.41, 5.74) is 5.43. The van der Waals surface area contributed by atoms with E-state index in [1.54, 1.807) is 6.20 Å². The third-order valence-electron chi connectivity index (χ3n) is 4.93. The molecule has 1 aromatic heterocycles. The van der Waals surface area contributed by atoms with E-state index in [2.05, 4.69) is 35.2 Å². The van der Waals surface area contributed by atoms with Crippen LogP contribution in [0.4, 0.5) is 0 Å². The predicted octanol–water partition coefficient (Wildman–Crippen LogP) is 3.18. The van der Waals surface area contributed by atoms with Crippen molar-refractivity contribution in [2.75, 3.05) is 6.54 Å². The number of ether oxygens (including phenoxy) is 1. The molecule has 4 rings (SSSR count). The van der Waals surface area contributed by atoms with Gasteiger partial charge in [0.05, 0.1) is 12.7 Å². The molecule has 0 bridgehead atoms. The molecule has 0 unspecified atom stereocenters. The average Bonchev–Trinajstić information content (AvgIpc) is 2.74. The summed E-state index contributed by atoms with van der Waals surface area (Å²) < 4.78 is 7.09. The molecule has 1 N–H and O–H groups in total. The topological polar surface area (TPSA) is 56.2 Å². The number of allylic oxidation sites excluding steroid dienone is 1. The first-order valence-electron chi connectivity index (χ1n) is 9.43. The lowest BCUT2D eigenvalue weighted by Gasteiger charge is -2.18. The maximum Gasteiger partial charge on any atom is 0.270 e. The number of nitrogens with zero attached hydrogens (tertiary/aromatic N) is 2. The third kappa shape index (κ3) is 4.21. The molecule has 0 amide bonds. The molecule has 0 radical (unpaired) electrons. The highest BCUT2D eigenvalue weighted by Crippen LogP contribution is 2.21. The summed E-state index contributed by atoms with van der Waals surface area (Å²) in [5, 5.41) is 7.63. The fraction of sp³-hybridized carbons (Fsp3) is 0.217. The minimum absolute atomic E-state index is 0.202. The van der Waals surface area contributed by atoms with Gasteiger partial charge in [-0.3, -0.25) is 4.79 Å². The number of rotatable bonds is 6. The van der Waals surface area contributed by atoms with Gasteiger partial charge in [0.1, 0.15) is 12.4 Å². The van der Waals surface area contributed by atoms with Gasteiger partial charge in [0.25, 0.3) is 5.56 Å².